The lowest BCUT2D eigenvalue weighted by Gasteiger charge is -2.30. The zero-order valence-corrected chi connectivity index (χ0v) is 16.7. The normalized spacial score (nSPS) is 13.3. The van der Waals surface area contributed by atoms with Crippen LogP contribution in [0.2, 0.25) is 0 Å². The molecule has 2 aromatic rings. The van der Waals surface area contributed by atoms with Crippen LogP contribution in [0.4, 0.5) is 0 Å². The van der Waals surface area contributed by atoms with E-state index in [1.165, 1.54) is 0 Å². The second-order valence-electron chi connectivity index (χ2n) is 6.68. The van der Waals surface area contributed by atoms with Crippen molar-refractivity contribution in [3.8, 4) is 17.2 Å². The highest BCUT2D eigenvalue weighted by atomic mass is 16.5. The molecule has 0 heterocycles. The fourth-order valence-corrected chi connectivity index (χ4v) is 2.85. The van der Waals surface area contributed by atoms with Gasteiger partial charge in [-0.2, -0.15) is 0 Å². The van der Waals surface area contributed by atoms with Crippen molar-refractivity contribution in [2.45, 2.75) is 39.0 Å². The van der Waals surface area contributed by atoms with Gasteiger partial charge in [-0.25, -0.2) is 0 Å². The standard InChI is InChI=1S/C22H31NO4/c1-5-17(2)23(14-18-7-6-8-22(13-18)26-4)15-19(24)16-27-21-11-9-20(25-3)10-12-21/h6-13,17,19,24H,5,14-16H2,1-4H3/t17-,19-/m1/s1. The third-order valence-electron chi connectivity index (χ3n) is 4.68. The molecule has 2 rings (SSSR count). The molecule has 0 radical (unpaired) electrons. The van der Waals surface area contributed by atoms with Crippen LogP contribution in [-0.4, -0.2) is 49.5 Å². The maximum absolute atomic E-state index is 10.5. The van der Waals surface area contributed by atoms with Crippen molar-refractivity contribution in [1.29, 1.82) is 0 Å². The molecule has 0 spiro atoms. The van der Waals surface area contributed by atoms with Crippen LogP contribution >= 0.6 is 0 Å². The Labute approximate surface area is 162 Å². The number of benzene rings is 2. The average Bonchev–Trinajstić information content (AvgIpc) is 2.71. The molecular weight excluding hydrogens is 342 g/mol. The smallest absolute Gasteiger partial charge is 0.119 e. The van der Waals surface area contributed by atoms with Crippen LogP contribution in [0.1, 0.15) is 25.8 Å². The first-order valence-electron chi connectivity index (χ1n) is 9.37. The van der Waals surface area contributed by atoms with Crippen molar-refractivity contribution >= 4 is 0 Å². The molecule has 1 N–H and O–H groups in total. The Balaban J connectivity index is 1.93. The highest BCUT2D eigenvalue weighted by molar-refractivity contribution is 5.31. The maximum atomic E-state index is 10.5. The third kappa shape index (κ3) is 6.77. The van der Waals surface area contributed by atoms with Gasteiger partial charge in [-0.3, -0.25) is 4.90 Å². The minimum atomic E-state index is -0.577. The molecule has 0 aliphatic rings. The van der Waals surface area contributed by atoms with Crippen LogP contribution in [0.3, 0.4) is 0 Å². The van der Waals surface area contributed by atoms with E-state index in [1.54, 1.807) is 14.2 Å². The predicted molar refractivity (Wildman–Crippen MR) is 108 cm³/mol. The lowest BCUT2D eigenvalue weighted by molar-refractivity contribution is 0.0506. The quantitative estimate of drug-likeness (QED) is 0.650. The van der Waals surface area contributed by atoms with Gasteiger partial charge in [0.1, 0.15) is 30.0 Å². The third-order valence-corrected chi connectivity index (χ3v) is 4.68. The maximum Gasteiger partial charge on any atom is 0.119 e. The van der Waals surface area contributed by atoms with E-state index in [0.29, 0.717) is 12.6 Å². The fourth-order valence-electron chi connectivity index (χ4n) is 2.85. The largest absolute Gasteiger partial charge is 0.497 e. The Morgan fingerprint density at radius 3 is 2.26 bits per heavy atom. The summed E-state index contributed by atoms with van der Waals surface area (Å²) in [5.41, 5.74) is 1.16. The van der Waals surface area contributed by atoms with Gasteiger partial charge in [0.05, 0.1) is 14.2 Å². The van der Waals surface area contributed by atoms with E-state index in [1.807, 2.05) is 42.5 Å². The van der Waals surface area contributed by atoms with Gasteiger partial charge in [-0.05, 0) is 55.3 Å². The van der Waals surface area contributed by atoms with E-state index in [4.69, 9.17) is 14.2 Å². The van der Waals surface area contributed by atoms with E-state index >= 15 is 0 Å². The van der Waals surface area contributed by atoms with Crippen molar-refractivity contribution < 1.29 is 19.3 Å². The molecular formula is C22H31NO4. The lowest BCUT2D eigenvalue weighted by Crippen LogP contribution is -2.40. The molecule has 0 bridgehead atoms. The molecule has 0 saturated heterocycles. The minimum absolute atomic E-state index is 0.247. The van der Waals surface area contributed by atoms with Crippen LogP contribution in [-0.2, 0) is 6.54 Å². The zero-order valence-electron chi connectivity index (χ0n) is 16.7. The summed E-state index contributed by atoms with van der Waals surface area (Å²) in [6.07, 6.45) is 0.433. The van der Waals surface area contributed by atoms with Crippen molar-refractivity contribution in [3.05, 3.63) is 54.1 Å². The SMILES string of the molecule is CC[C@@H](C)N(Cc1cccc(OC)c1)C[C@@H](O)COc1ccc(OC)cc1. The fraction of sp³-hybridized carbons (Fsp3) is 0.455. The predicted octanol–water partition coefficient (Wildman–Crippen LogP) is 3.74. The van der Waals surface area contributed by atoms with Crippen molar-refractivity contribution in [1.82, 2.24) is 4.90 Å². The van der Waals surface area contributed by atoms with Crippen LogP contribution in [0, 0.1) is 0 Å². The Bertz CT molecular complexity index is 674. The number of ether oxygens (including phenoxy) is 3. The van der Waals surface area contributed by atoms with E-state index in [9.17, 15) is 5.11 Å². The van der Waals surface area contributed by atoms with E-state index in [-0.39, 0.29) is 6.61 Å². The molecule has 0 unspecified atom stereocenters. The number of rotatable bonds is 11. The van der Waals surface area contributed by atoms with Crippen molar-refractivity contribution in [2.75, 3.05) is 27.4 Å². The first-order chi connectivity index (χ1) is 13.0. The summed E-state index contributed by atoms with van der Waals surface area (Å²) in [6, 6.07) is 15.8. The summed E-state index contributed by atoms with van der Waals surface area (Å²) in [4.78, 5) is 2.27. The molecule has 2 aromatic carbocycles. The minimum Gasteiger partial charge on any atom is -0.497 e. The summed E-state index contributed by atoms with van der Waals surface area (Å²) in [6.45, 7) is 5.88. The topological polar surface area (TPSA) is 51.2 Å². The molecule has 148 valence electrons. The highest BCUT2D eigenvalue weighted by Gasteiger charge is 2.18. The molecule has 0 aliphatic carbocycles. The summed E-state index contributed by atoms with van der Waals surface area (Å²) in [7, 11) is 3.30. The monoisotopic (exact) mass is 373 g/mol. The van der Waals surface area contributed by atoms with Crippen LogP contribution in [0.5, 0.6) is 17.2 Å². The molecule has 0 fully saturated rings. The van der Waals surface area contributed by atoms with Gasteiger partial charge >= 0.3 is 0 Å². The first kappa shape index (κ1) is 21.1. The molecule has 27 heavy (non-hydrogen) atoms. The number of hydrogen-bond acceptors (Lipinski definition) is 5. The molecule has 5 heteroatoms. The number of hydrogen-bond donors (Lipinski definition) is 1. The van der Waals surface area contributed by atoms with Gasteiger partial charge in [-0.15, -0.1) is 0 Å². The number of nitrogens with zero attached hydrogens (tertiary/aromatic N) is 1. The zero-order chi connectivity index (χ0) is 19.6. The van der Waals surface area contributed by atoms with Crippen molar-refractivity contribution in [2.24, 2.45) is 0 Å². The molecule has 2 atom stereocenters. The number of methoxy groups -OCH3 is 2. The van der Waals surface area contributed by atoms with Gasteiger partial charge in [0.15, 0.2) is 0 Å². The second-order valence-corrected chi connectivity index (χ2v) is 6.68. The number of aliphatic hydroxyl groups excluding tert-OH is 1. The first-order valence-corrected chi connectivity index (χ1v) is 9.37. The molecule has 0 aliphatic heterocycles. The van der Waals surface area contributed by atoms with E-state index in [0.717, 1.165) is 35.8 Å². The van der Waals surface area contributed by atoms with Gasteiger partial charge in [-0.1, -0.05) is 19.1 Å². The average molecular weight is 373 g/mol. The van der Waals surface area contributed by atoms with Gasteiger partial charge < -0.3 is 19.3 Å². The Morgan fingerprint density at radius 2 is 1.63 bits per heavy atom. The van der Waals surface area contributed by atoms with Crippen molar-refractivity contribution in [3.63, 3.8) is 0 Å². The van der Waals surface area contributed by atoms with Crippen LogP contribution < -0.4 is 14.2 Å². The summed E-state index contributed by atoms with van der Waals surface area (Å²) in [5.74, 6) is 2.35. The Morgan fingerprint density at radius 1 is 0.963 bits per heavy atom. The molecule has 0 saturated carbocycles. The second kappa shape index (κ2) is 10.8. The number of aliphatic hydroxyl groups is 1. The van der Waals surface area contributed by atoms with Crippen LogP contribution in [0.15, 0.2) is 48.5 Å². The Kier molecular flexibility index (Phi) is 8.43. The van der Waals surface area contributed by atoms with Crippen LogP contribution in [0.25, 0.3) is 0 Å². The molecule has 0 aromatic heterocycles. The summed E-state index contributed by atoms with van der Waals surface area (Å²) < 4.78 is 16.2. The molecule has 0 amide bonds. The summed E-state index contributed by atoms with van der Waals surface area (Å²) in [5, 5.41) is 10.5. The van der Waals surface area contributed by atoms with Gasteiger partial charge in [0, 0.05) is 19.1 Å². The highest BCUT2D eigenvalue weighted by Crippen LogP contribution is 2.19. The summed E-state index contributed by atoms with van der Waals surface area (Å²) >= 11 is 0. The van der Waals surface area contributed by atoms with E-state index < -0.39 is 6.10 Å². The van der Waals surface area contributed by atoms with Gasteiger partial charge in [0.25, 0.3) is 0 Å². The lowest BCUT2D eigenvalue weighted by atomic mass is 10.1. The molecule has 5 nitrogen and oxygen atoms in total. The Hall–Kier alpha value is -2.24. The van der Waals surface area contributed by atoms with Gasteiger partial charge in [0.2, 0.25) is 0 Å². The van der Waals surface area contributed by atoms with E-state index in [2.05, 4.69) is 24.8 Å².